The van der Waals surface area contributed by atoms with Crippen molar-refractivity contribution in [3.05, 3.63) is 53.1 Å². The molecule has 1 saturated heterocycles. The molecule has 3 heterocycles. The number of benzene rings is 1. The van der Waals surface area contributed by atoms with Gasteiger partial charge in [-0.15, -0.1) is 5.10 Å². The fraction of sp³-hybridized carbons (Fsp3) is 0.333. The maximum absolute atomic E-state index is 12.9. The molecule has 0 bridgehead atoms. The van der Waals surface area contributed by atoms with E-state index in [1.807, 2.05) is 4.90 Å². The van der Waals surface area contributed by atoms with Crippen LogP contribution in [-0.2, 0) is 12.8 Å². The monoisotopic (exact) mass is 410 g/mol. The van der Waals surface area contributed by atoms with E-state index in [-0.39, 0.29) is 4.84 Å². The highest BCUT2D eigenvalue weighted by atomic mass is 32.1. The van der Waals surface area contributed by atoms with Gasteiger partial charge in [-0.05, 0) is 42.5 Å². The highest BCUT2D eigenvalue weighted by molar-refractivity contribution is 7.71. The standard InChI is InChI=1S/C18H17F3N4O2S/c19-18(20,21)13-3-1-4-14(11-13)24-8-6-23(7-9-24)12-25-17(28)27-16(22-25)15-5-2-10-26-15/h1-5,10-11H,6-9,12H2. The fourth-order valence-electron chi connectivity index (χ4n) is 3.11. The molecule has 3 aromatic rings. The van der Waals surface area contributed by atoms with Gasteiger partial charge in [0.2, 0.25) is 0 Å². The van der Waals surface area contributed by atoms with Gasteiger partial charge in [-0.25, -0.2) is 4.68 Å². The third kappa shape index (κ3) is 3.97. The molecule has 0 amide bonds. The summed E-state index contributed by atoms with van der Waals surface area (Å²) in [6.45, 7) is 3.00. The maximum atomic E-state index is 12.9. The summed E-state index contributed by atoms with van der Waals surface area (Å²) in [5, 5.41) is 4.33. The van der Waals surface area contributed by atoms with Crippen molar-refractivity contribution in [2.75, 3.05) is 31.1 Å². The normalized spacial score (nSPS) is 15.9. The molecule has 0 saturated carbocycles. The molecule has 1 aromatic carbocycles. The number of halogens is 3. The van der Waals surface area contributed by atoms with Crippen molar-refractivity contribution in [3.63, 3.8) is 0 Å². The van der Waals surface area contributed by atoms with Gasteiger partial charge >= 0.3 is 6.18 Å². The fourth-order valence-corrected chi connectivity index (χ4v) is 3.29. The van der Waals surface area contributed by atoms with Crippen LogP contribution in [0.25, 0.3) is 11.7 Å². The predicted octanol–water partition coefficient (Wildman–Crippen LogP) is 4.26. The lowest BCUT2D eigenvalue weighted by Crippen LogP contribution is -2.47. The van der Waals surface area contributed by atoms with Crippen LogP contribution < -0.4 is 4.90 Å². The Labute approximate surface area is 163 Å². The number of aromatic nitrogens is 2. The summed E-state index contributed by atoms with van der Waals surface area (Å²) in [6.07, 6.45) is -2.81. The second-order valence-electron chi connectivity index (χ2n) is 6.44. The van der Waals surface area contributed by atoms with Crippen molar-refractivity contribution < 1.29 is 22.0 Å². The Morgan fingerprint density at radius 2 is 1.86 bits per heavy atom. The van der Waals surface area contributed by atoms with E-state index >= 15 is 0 Å². The minimum atomic E-state index is -4.34. The first kappa shape index (κ1) is 18.8. The van der Waals surface area contributed by atoms with Crippen LogP contribution in [-0.4, -0.2) is 40.9 Å². The summed E-state index contributed by atoms with van der Waals surface area (Å²) >= 11 is 5.21. The second-order valence-corrected chi connectivity index (χ2v) is 6.79. The molecule has 1 aliphatic rings. The van der Waals surface area contributed by atoms with E-state index in [2.05, 4.69) is 10.00 Å². The third-order valence-corrected chi connectivity index (χ3v) is 4.88. The molecule has 0 unspecified atom stereocenters. The van der Waals surface area contributed by atoms with Crippen LogP contribution in [0.4, 0.5) is 18.9 Å². The molecule has 0 N–H and O–H groups in total. The lowest BCUT2D eigenvalue weighted by molar-refractivity contribution is -0.137. The smallest absolute Gasteiger partial charge is 0.416 e. The first-order chi connectivity index (χ1) is 13.4. The number of anilines is 1. The first-order valence-corrected chi connectivity index (χ1v) is 9.07. The van der Waals surface area contributed by atoms with E-state index in [0.29, 0.717) is 50.2 Å². The molecule has 1 aliphatic heterocycles. The molecular weight excluding hydrogens is 393 g/mol. The Bertz CT molecular complexity index is 989. The summed E-state index contributed by atoms with van der Waals surface area (Å²) in [6, 6.07) is 8.89. The molecule has 4 rings (SSSR count). The van der Waals surface area contributed by atoms with Crippen molar-refractivity contribution in [3.8, 4) is 11.7 Å². The summed E-state index contributed by atoms with van der Waals surface area (Å²) in [5.74, 6) is 0.816. The largest absolute Gasteiger partial charge is 0.459 e. The van der Waals surface area contributed by atoms with E-state index in [9.17, 15) is 13.2 Å². The van der Waals surface area contributed by atoms with Crippen LogP contribution in [0, 0.1) is 4.84 Å². The van der Waals surface area contributed by atoms with E-state index < -0.39 is 11.7 Å². The zero-order valence-electron chi connectivity index (χ0n) is 14.7. The van der Waals surface area contributed by atoms with Gasteiger partial charge in [0.1, 0.15) is 0 Å². The average Bonchev–Trinajstić information content (AvgIpc) is 3.32. The molecule has 0 spiro atoms. The van der Waals surface area contributed by atoms with E-state index in [0.717, 1.165) is 6.07 Å². The summed E-state index contributed by atoms with van der Waals surface area (Å²) in [7, 11) is 0. The van der Waals surface area contributed by atoms with Crippen molar-refractivity contribution >= 4 is 17.9 Å². The highest BCUT2D eigenvalue weighted by Gasteiger charge is 2.31. The molecule has 10 heteroatoms. The average molecular weight is 410 g/mol. The second kappa shape index (κ2) is 7.44. The number of nitrogens with zero attached hydrogens (tertiary/aromatic N) is 4. The topological polar surface area (TPSA) is 50.6 Å². The Morgan fingerprint density at radius 3 is 2.54 bits per heavy atom. The lowest BCUT2D eigenvalue weighted by atomic mass is 10.1. The van der Waals surface area contributed by atoms with Crippen LogP contribution in [0.2, 0.25) is 0 Å². The van der Waals surface area contributed by atoms with Gasteiger partial charge < -0.3 is 13.7 Å². The zero-order chi connectivity index (χ0) is 19.7. The molecule has 0 atom stereocenters. The van der Waals surface area contributed by atoms with Crippen LogP contribution in [0.1, 0.15) is 5.56 Å². The molecular formula is C18H17F3N4O2S. The van der Waals surface area contributed by atoms with E-state index in [1.54, 1.807) is 22.9 Å². The number of rotatable bonds is 4. The van der Waals surface area contributed by atoms with Crippen molar-refractivity contribution in [2.24, 2.45) is 0 Å². The summed E-state index contributed by atoms with van der Waals surface area (Å²) in [4.78, 5) is 4.31. The van der Waals surface area contributed by atoms with Gasteiger partial charge in [0.05, 0.1) is 18.5 Å². The highest BCUT2D eigenvalue weighted by Crippen LogP contribution is 2.32. The Kier molecular flexibility index (Phi) is 4.98. The number of piperazine rings is 1. The molecule has 1 fully saturated rings. The van der Waals surface area contributed by atoms with Crippen molar-refractivity contribution in [2.45, 2.75) is 12.8 Å². The maximum Gasteiger partial charge on any atom is 0.416 e. The number of furan rings is 1. The van der Waals surface area contributed by atoms with Crippen molar-refractivity contribution in [1.82, 2.24) is 14.7 Å². The van der Waals surface area contributed by atoms with Crippen molar-refractivity contribution in [1.29, 1.82) is 0 Å². The van der Waals surface area contributed by atoms with Gasteiger partial charge in [0, 0.05) is 31.9 Å². The quantitative estimate of drug-likeness (QED) is 0.599. The zero-order valence-corrected chi connectivity index (χ0v) is 15.5. The number of hydrogen-bond donors (Lipinski definition) is 0. The number of alkyl halides is 3. The SMILES string of the molecule is FC(F)(F)c1cccc(N2CCN(Cn3nc(-c4ccco4)oc3=S)CC2)c1. The van der Waals surface area contributed by atoms with Crippen LogP contribution in [0.5, 0.6) is 0 Å². The summed E-state index contributed by atoms with van der Waals surface area (Å²) in [5.41, 5.74) is -0.0561. The van der Waals surface area contributed by atoms with E-state index in [1.165, 1.54) is 18.4 Å². The first-order valence-electron chi connectivity index (χ1n) is 8.66. The number of hydrogen-bond acceptors (Lipinski definition) is 6. The minimum absolute atomic E-state index is 0.242. The lowest BCUT2D eigenvalue weighted by Gasteiger charge is -2.36. The molecule has 0 radical (unpaired) electrons. The molecule has 148 valence electrons. The predicted molar refractivity (Wildman–Crippen MR) is 98.3 cm³/mol. The Hall–Kier alpha value is -2.59. The Balaban J connectivity index is 1.39. The van der Waals surface area contributed by atoms with Crippen LogP contribution in [0.15, 0.2) is 51.5 Å². The molecule has 28 heavy (non-hydrogen) atoms. The van der Waals surface area contributed by atoms with Gasteiger partial charge in [0.25, 0.3) is 10.7 Å². The van der Waals surface area contributed by atoms with Crippen LogP contribution >= 0.6 is 12.2 Å². The Morgan fingerprint density at radius 1 is 1.07 bits per heavy atom. The molecule has 0 aliphatic carbocycles. The summed E-state index contributed by atoms with van der Waals surface area (Å²) < 4.78 is 51.1. The third-order valence-electron chi connectivity index (χ3n) is 4.58. The van der Waals surface area contributed by atoms with E-state index in [4.69, 9.17) is 21.1 Å². The van der Waals surface area contributed by atoms with Gasteiger partial charge in [-0.3, -0.25) is 4.90 Å². The van der Waals surface area contributed by atoms with Gasteiger partial charge in [0.15, 0.2) is 5.76 Å². The van der Waals surface area contributed by atoms with Gasteiger partial charge in [-0.2, -0.15) is 13.2 Å². The molecule has 6 nitrogen and oxygen atoms in total. The van der Waals surface area contributed by atoms with Crippen LogP contribution in [0.3, 0.4) is 0 Å². The molecule has 2 aromatic heterocycles. The van der Waals surface area contributed by atoms with Gasteiger partial charge in [-0.1, -0.05) is 6.07 Å². The minimum Gasteiger partial charge on any atom is -0.459 e.